The lowest BCUT2D eigenvalue weighted by Crippen LogP contribution is -2.13. The van der Waals surface area contributed by atoms with Crippen molar-refractivity contribution in [1.29, 1.82) is 0 Å². The van der Waals surface area contributed by atoms with Crippen LogP contribution in [-0.2, 0) is 0 Å². The molecule has 0 saturated carbocycles. The molecule has 2 aromatic heterocycles. The third-order valence-electron chi connectivity index (χ3n) is 13.7. The maximum Gasteiger partial charge on any atom is 0.143 e. The van der Waals surface area contributed by atoms with Gasteiger partial charge < -0.3 is 13.9 Å². The minimum absolute atomic E-state index is 0.907. The van der Waals surface area contributed by atoms with E-state index in [0.29, 0.717) is 0 Å². The van der Waals surface area contributed by atoms with E-state index >= 15 is 0 Å². The Morgan fingerprint density at radius 1 is 0.275 bits per heavy atom. The molecule has 11 aromatic carbocycles. The standard InChI is InChI=1S/C66H44N2O/c1-2-17-45(18-3-1)46-33-37-49(38-34-46)52-19-4-10-27-60(52)67(51-43-41-48(42-44-51)47-35-39-50(40-36-47)53-25-16-26-59-58-24-9-15-32-65(58)69-66(53)59)61-28-11-5-20-54(61)55-21-6-12-29-62(55)68-63-30-13-7-22-56(63)57-23-8-14-31-64(57)68/h1-44H. The number of fused-ring (bicyclic) bond motifs is 6. The van der Waals surface area contributed by atoms with Crippen molar-refractivity contribution in [2.24, 2.45) is 0 Å². The maximum absolute atomic E-state index is 6.41. The fourth-order valence-electron chi connectivity index (χ4n) is 10.4. The first-order chi connectivity index (χ1) is 34.2. The lowest BCUT2D eigenvalue weighted by atomic mass is 9.96. The zero-order valence-corrected chi connectivity index (χ0v) is 37.7. The summed E-state index contributed by atoms with van der Waals surface area (Å²) < 4.78 is 8.84. The monoisotopic (exact) mass is 880 g/mol. The van der Waals surface area contributed by atoms with Gasteiger partial charge in [0.1, 0.15) is 11.2 Å². The molecular formula is C66H44N2O. The van der Waals surface area contributed by atoms with Crippen LogP contribution in [0.15, 0.2) is 271 Å². The predicted octanol–water partition coefficient (Wildman–Crippen LogP) is 18.5. The molecule has 2 heterocycles. The highest BCUT2D eigenvalue weighted by Gasteiger charge is 2.23. The Hall–Kier alpha value is -9.18. The highest BCUT2D eigenvalue weighted by Crippen LogP contribution is 2.47. The molecule has 0 aliphatic carbocycles. The minimum Gasteiger partial charge on any atom is -0.455 e. The van der Waals surface area contributed by atoms with E-state index in [1.54, 1.807) is 0 Å². The van der Waals surface area contributed by atoms with E-state index < -0.39 is 0 Å². The van der Waals surface area contributed by atoms with Crippen molar-refractivity contribution in [2.45, 2.75) is 0 Å². The topological polar surface area (TPSA) is 21.3 Å². The van der Waals surface area contributed by atoms with Crippen molar-refractivity contribution in [1.82, 2.24) is 4.57 Å². The summed E-state index contributed by atoms with van der Waals surface area (Å²) in [6.07, 6.45) is 0. The molecule has 0 saturated heterocycles. The Bertz CT molecular complexity index is 3940. The number of para-hydroxylation sites is 7. The van der Waals surface area contributed by atoms with E-state index in [1.165, 1.54) is 32.9 Å². The summed E-state index contributed by atoms with van der Waals surface area (Å²) in [5, 5.41) is 4.75. The Kier molecular flexibility index (Phi) is 9.84. The summed E-state index contributed by atoms with van der Waals surface area (Å²) in [7, 11) is 0. The molecule has 0 spiro atoms. The van der Waals surface area contributed by atoms with E-state index in [2.05, 4.69) is 264 Å². The number of rotatable bonds is 9. The van der Waals surface area contributed by atoms with Crippen LogP contribution in [0.2, 0.25) is 0 Å². The number of benzene rings is 11. The van der Waals surface area contributed by atoms with Gasteiger partial charge in [-0.05, 0) is 81.9 Å². The molecule has 0 aliphatic heterocycles. The van der Waals surface area contributed by atoms with Crippen molar-refractivity contribution in [3.8, 4) is 61.3 Å². The molecule has 0 radical (unpaired) electrons. The Morgan fingerprint density at radius 2 is 0.710 bits per heavy atom. The van der Waals surface area contributed by atoms with Crippen molar-refractivity contribution in [3.05, 3.63) is 267 Å². The van der Waals surface area contributed by atoms with Crippen LogP contribution in [0.4, 0.5) is 17.1 Å². The summed E-state index contributed by atoms with van der Waals surface area (Å²) in [4.78, 5) is 2.44. The minimum atomic E-state index is 0.907. The first-order valence-corrected chi connectivity index (χ1v) is 23.6. The normalized spacial score (nSPS) is 11.5. The number of furan rings is 1. The number of aromatic nitrogens is 1. The molecular weight excluding hydrogens is 837 g/mol. The van der Waals surface area contributed by atoms with Gasteiger partial charge in [0, 0.05) is 49.5 Å². The molecule has 0 aliphatic rings. The fraction of sp³-hybridized carbons (Fsp3) is 0. The predicted molar refractivity (Wildman–Crippen MR) is 290 cm³/mol. The SMILES string of the molecule is c1ccc(-c2ccc(-c3ccccc3N(c3ccc(-c4ccc(-c5cccc6c5oc5ccccc56)cc4)cc3)c3ccccc3-c3ccccc3-n3c4ccccc4c4ccccc43)cc2)cc1. The van der Waals surface area contributed by atoms with E-state index in [-0.39, 0.29) is 0 Å². The molecule has 69 heavy (non-hydrogen) atoms. The van der Waals surface area contributed by atoms with Gasteiger partial charge >= 0.3 is 0 Å². The smallest absolute Gasteiger partial charge is 0.143 e. The van der Waals surface area contributed by atoms with Crippen LogP contribution in [0, 0.1) is 0 Å². The Labute approximate surface area is 401 Å². The lowest BCUT2D eigenvalue weighted by Gasteiger charge is -2.30. The van der Waals surface area contributed by atoms with Crippen LogP contribution in [0.25, 0.3) is 105 Å². The molecule has 0 fully saturated rings. The van der Waals surface area contributed by atoms with Gasteiger partial charge in [-0.1, -0.05) is 218 Å². The average Bonchev–Trinajstić information content (AvgIpc) is 3.98. The van der Waals surface area contributed by atoms with Gasteiger partial charge in [-0.15, -0.1) is 0 Å². The molecule has 0 amide bonds. The summed E-state index contributed by atoms with van der Waals surface area (Å²) in [5.41, 5.74) is 20.0. The summed E-state index contributed by atoms with van der Waals surface area (Å²) in [6, 6.07) is 96.1. The second-order valence-corrected chi connectivity index (χ2v) is 17.6. The highest BCUT2D eigenvalue weighted by atomic mass is 16.3. The van der Waals surface area contributed by atoms with E-state index in [4.69, 9.17) is 4.42 Å². The van der Waals surface area contributed by atoms with Gasteiger partial charge in [-0.3, -0.25) is 0 Å². The van der Waals surface area contributed by atoms with E-state index in [0.717, 1.165) is 89.2 Å². The zero-order chi connectivity index (χ0) is 45.7. The second-order valence-electron chi connectivity index (χ2n) is 17.6. The molecule has 0 atom stereocenters. The van der Waals surface area contributed by atoms with Crippen LogP contribution < -0.4 is 4.90 Å². The van der Waals surface area contributed by atoms with Crippen molar-refractivity contribution < 1.29 is 4.42 Å². The van der Waals surface area contributed by atoms with Gasteiger partial charge in [0.05, 0.1) is 28.1 Å². The molecule has 3 heteroatoms. The number of hydrogen-bond acceptors (Lipinski definition) is 2. The summed E-state index contributed by atoms with van der Waals surface area (Å²) in [5.74, 6) is 0. The first kappa shape index (κ1) is 40.1. The third-order valence-corrected chi connectivity index (χ3v) is 13.7. The maximum atomic E-state index is 6.41. The van der Waals surface area contributed by atoms with Gasteiger partial charge in [-0.2, -0.15) is 0 Å². The van der Waals surface area contributed by atoms with Crippen molar-refractivity contribution >= 4 is 60.8 Å². The fourth-order valence-corrected chi connectivity index (χ4v) is 10.4. The van der Waals surface area contributed by atoms with Gasteiger partial charge in [0.25, 0.3) is 0 Å². The molecule has 3 nitrogen and oxygen atoms in total. The third kappa shape index (κ3) is 6.99. The van der Waals surface area contributed by atoms with E-state index in [9.17, 15) is 0 Å². The summed E-state index contributed by atoms with van der Waals surface area (Å²) in [6.45, 7) is 0. The van der Waals surface area contributed by atoms with Crippen LogP contribution in [-0.4, -0.2) is 4.57 Å². The highest BCUT2D eigenvalue weighted by molar-refractivity contribution is 6.11. The number of nitrogens with zero attached hydrogens (tertiary/aromatic N) is 2. The van der Waals surface area contributed by atoms with Crippen molar-refractivity contribution in [2.75, 3.05) is 4.90 Å². The zero-order valence-electron chi connectivity index (χ0n) is 37.7. The Morgan fingerprint density at radius 3 is 1.38 bits per heavy atom. The van der Waals surface area contributed by atoms with Gasteiger partial charge in [-0.25, -0.2) is 0 Å². The van der Waals surface area contributed by atoms with Gasteiger partial charge in [0.15, 0.2) is 0 Å². The molecule has 13 rings (SSSR count). The molecule has 0 N–H and O–H groups in total. The summed E-state index contributed by atoms with van der Waals surface area (Å²) >= 11 is 0. The Balaban J connectivity index is 0.943. The molecule has 0 bridgehead atoms. The van der Waals surface area contributed by atoms with Crippen LogP contribution in [0.3, 0.4) is 0 Å². The first-order valence-electron chi connectivity index (χ1n) is 23.6. The number of hydrogen-bond donors (Lipinski definition) is 0. The molecule has 13 aromatic rings. The van der Waals surface area contributed by atoms with Crippen LogP contribution in [0.1, 0.15) is 0 Å². The van der Waals surface area contributed by atoms with Gasteiger partial charge in [0.2, 0.25) is 0 Å². The quantitative estimate of drug-likeness (QED) is 0.144. The lowest BCUT2D eigenvalue weighted by molar-refractivity contribution is 0.670. The molecule has 0 unspecified atom stereocenters. The molecule has 324 valence electrons. The largest absolute Gasteiger partial charge is 0.455 e. The van der Waals surface area contributed by atoms with E-state index in [1.807, 2.05) is 12.1 Å². The second kappa shape index (κ2) is 16.9. The van der Waals surface area contributed by atoms with Crippen molar-refractivity contribution in [3.63, 3.8) is 0 Å². The van der Waals surface area contributed by atoms with Crippen LogP contribution >= 0.6 is 0 Å². The van der Waals surface area contributed by atoms with Crippen LogP contribution in [0.5, 0.6) is 0 Å². The number of anilines is 3. The average molecular weight is 881 g/mol.